The average Bonchev–Trinajstić information content (AvgIpc) is 2.72. The maximum Gasteiger partial charge on any atom is 0.123 e. The first-order chi connectivity index (χ1) is 7.88. The highest BCUT2D eigenvalue weighted by molar-refractivity contribution is 5.94. The summed E-state index contributed by atoms with van der Waals surface area (Å²) in [5.74, 6) is 1.05. The van der Waals surface area contributed by atoms with Crippen LogP contribution in [0.15, 0.2) is 17.1 Å². The number of rotatable bonds is 8. The number of aliphatic imine (C=N–C) groups is 1. The van der Waals surface area contributed by atoms with E-state index in [4.69, 9.17) is 5.11 Å². The molecule has 0 unspecified atom stereocenters. The Kier molecular flexibility index (Phi) is 6.90. The molecule has 1 rings (SSSR count). The fraction of sp³-hybridized carbons (Fsp3) is 0.769. The molecule has 3 heteroatoms. The third kappa shape index (κ3) is 4.79. The molecule has 0 aromatic carbocycles. The third-order valence-electron chi connectivity index (χ3n) is 2.83. The molecular formula is C13H24N2O. The molecule has 0 radical (unpaired) electrons. The molecular weight excluding hydrogens is 200 g/mol. The summed E-state index contributed by atoms with van der Waals surface area (Å²) in [5.41, 5.74) is 0. The molecule has 0 bridgehead atoms. The minimum atomic E-state index is 0.212. The lowest BCUT2D eigenvalue weighted by Crippen LogP contribution is -2.29. The Morgan fingerprint density at radius 1 is 1.38 bits per heavy atom. The molecule has 1 aliphatic rings. The summed E-state index contributed by atoms with van der Waals surface area (Å²) >= 11 is 0. The molecule has 1 N–H and O–H groups in total. The minimum absolute atomic E-state index is 0.212. The highest BCUT2D eigenvalue weighted by Gasteiger charge is 2.12. The van der Waals surface area contributed by atoms with Crippen molar-refractivity contribution in [3.8, 4) is 0 Å². The van der Waals surface area contributed by atoms with Crippen LogP contribution in [-0.4, -0.2) is 42.1 Å². The quantitative estimate of drug-likeness (QED) is 0.642. The van der Waals surface area contributed by atoms with Crippen molar-refractivity contribution in [2.24, 2.45) is 4.99 Å². The monoisotopic (exact) mass is 224 g/mol. The Bertz CT molecular complexity index is 236. The van der Waals surface area contributed by atoms with E-state index in [0.29, 0.717) is 6.54 Å². The van der Waals surface area contributed by atoms with Gasteiger partial charge in [0.15, 0.2) is 0 Å². The molecule has 0 amide bonds. The summed E-state index contributed by atoms with van der Waals surface area (Å²) in [7, 11) is 0. The van der Waals surface area contributed by atoms with E-state index in [1.54, 1.807) is 0 Å². The van der Waals surface area contributed by atoms with Crippen LogP contribution in [0.25, 0.3) is 0 Å². The van der Waals surface area contributed by atoms with Crippen LogP contribution in [0.2, 0.25) is 0 Å². The molecule has 3 nitrogen and oxygen atoms in total. The van der Waals surface area contributed by atoms with Crippen LogP contribution in [0.1, 0.15) is 39.0 Å². The predicted octanol–water partition coefficient (Wildman–Crippen LogP) is 2.22. The number of hydrogen-bond acceptors (Lipinski definition) is 3. The molecule has 0 saturated carbocycles. The van der Waals surface area contributed by atoms with E-state index in [2.05, 4.69) is 29.0 Å². The smallest absolute Gasteiger partial charge is 0.123 e. The van der Waals surface area contributed by atoms with Gasteiger partial charge < -0.3 is 10.0 Å². The third-order valence-corrected chi connectivity index (χ3v) is 2.83. The second-order valence-electron chi connectivity index (χ2n) is 4.20. The van der Waals surface area contributed by atoms with Crippen molar-refractivity contribution in [1.29, 1.82) is 0 Å². The van der Waals surface area contributed by atoms with Crippen LogP contribution in [0.3, 0.4) is 0 Å². The zero-order valence-corrected chi connectivity index (χ0v) is 10.4. The van der Waals surface area contributed by atoms with Crippen molar-refractivity contribution >= 4 is 5.84 Å². The molecule has 0 aromatic heterocycles. The van der Waals surface area contributed by atoms with E-state index in [0.717, 1.165) is 25.3 Å². The van der Waals surface area contributed by atoms with E-state index in [1.807, 2.05) is 0 Å². The first-order valence-electron chi connectivity index (χ1n) is 6.45. The standard InChI is InChI=1S/C13H24N2O/c1-2-3-4-5-6-7-8-13-14-9-10-15(13)11-12-16/h7-8,16H,2-6,9-12H2,1H3/b8-7+. The van der Waals surface area contributed by atoms with Crippen LogP contribution >= 0.6 is 0 Å². The SMILES string of the molecule is CCCCCC/C=C/C1=NCCN1CCO. The van der Waals surface area contributed by atoms with Crippen molar-refractivity contribution in [3.05, 3.63) is 12.2 Å². The van der Waals surface area contributed by atoms with Gasteiger partial charge in [0.05, 0.1) is 13.2 Å². The van der Waals surface area contributed by atoms with Crippen LogP contribution in [-0.2, 0) is 0 Å². The Balaban J connectivity index is 2.17. The lowest BCUT2D eigenvalue weighted by Gasteiger charge is -2.16. The number of hydrogen-bond donors (Lipinski definition) is 1. The molecule has 0 aromatic rings. The highest BCUT2D eigenvalue weighted by Crippen LogP contribution is 2.06. The molecule has 0 fully saturated rings. The van der Waals surface area contributed by atoms with Crippen molar-refractivity contribution in [3.63, 3.8) is 0 Å². The second-order valence-corrected chi connectivity index (χ2v) is 4.20. The number of β-amino-alcohol motifs (C(OH)–C–C–N with tert-alkyl or cyclic N) is 1. The van der Waals surface area contributed by atoms with Gasteiger partial charge in [-0.05, 0) is 18.9 Å². The number of amidine groups is 1. The Morgan fingerprint density at radius 2 is 2.25 bits per heavy atom. The van der Waals surface area contributed by atoms with Crippen molar-refractivity contribution in [2.75, 3.05) is 26.2 Å². The largest absolute Gasteiger partial charge is 0.395 e. The molecule has 92 valence electrons. The maximum absolute atomic E-state index is 8.89. The number of aliphatic hydroxyl groups is 1. The zero-order valence-electron chi connectivity index (χ0n) is 10.4. The lowest BCUT2D eigenvalue weighted by molar-refractivity contribution is 0.257. The zero-order chi connectivity index (χ0) is 11.6. The second kappa shape index (κ2) is 8.34. The fourth-order valence-corrected chi connectivity index (χ4v) is 1.88. The van der Waals surface area contributed by atoms with Crippen molar-refractivity contribution < 1.29 is 5.11 Å². The van der Waals surface area contributed by atoms with Crippen LogP contribution < -0.4 is 0 Å². The number of unbranched alkanes of at least 4 members (excludes halogenated alkanes) is 4. The van der Waals surface area contributed by atoms with Crippen molar-refractivity contribution in [2.45, 2.75) is 39.0 Å². The maximum atomic E-state index is 8.89. The molecule has 16 heavy (non-hydrogen) atoms. The van der Waals surface area contributed by atoms with E-state index in [9.17, 15) is 0 Å². The number of allylic oxidation sites excluding steroid dienone is 1. The first-order valence-corrected chi connectivity index (χ1v) is 6.45. The van der Waals surface area contributed by atoms with Crippen LogP contribution in [0.4, 0.5) is 0 Å². The molecule has 0 aliphatic carbocycles. The molecule has 0 spiro atoms. The van der Waals surface area contributed by atoms with Crippen molar-refractivity contribution in [1.82, 2.24) is 4.90 Å². The van der Waals surface area contributed by atoms with Crippen LogP contribution in [0, 0.1) is 0 Å². The highest BCUT2D eigenvalue weighted by atomic mass is 16.3. The summed E-state index contributed by atoms with van der Waals surface area (Å²) in [4.78, 5) is 6.56. The summed E-state index contributed by atoms with van der Waals surface area (Å²) in [6, 6.07) is 0. The van der Waals surface area contributed by atoms with Crippen LogP contribution in [0.5, 0.6) is 0 Å². The van der Waals surface area contributed by atoms with Gasteiger partial charge in [0.2, 0.25) is 0 Å². The number of aliphatic hydroxyl groups excluding tert-OH is 1. The predicted molar refractivity (Wildman–Crippen MR) is 68.9 cm³/mol. The average molecular weight is 224 g/mol. The first kappa shape index (κ1) is 13.2. The van der Waals surface area contributed by atoms with E-state index in [1.165, 1.54) is 25.7 Å². The Labute approximate surface area is 98.9 Å². The van der Waals surface area contributed by atoms with E-state index >= 15 is 0 Å². The lowest BCUT2D eigenvalue weighted by atomic mass is 10.1. The van der Waals surface area contributed by atoms with Gasteiger partial charge in [-0.25, -0.2) is 0 Å². The summed E-state index contributed by atoms with van der Waals surface area (Å²) in [6.07, 6.45) is 10.7. The van der Waals surface area contributed by atoms with Gasteiger partial charge in [-0.15, -0.1) is 0 Å². The summed E-state index contributed by atoms with van der Waals surface area (Å²) < 4.78 is 0. The molecule has 0 saturated heterocycles. The van der Waals surface area contributed by atoms with E-state index in [-0.39, 0.29) is 6.61 Å². The van der Waals surface area contributed by atoms with E-state index < -0.39 is 0 Å². The summed E-state index contributed by atoms with van der Waals surface area (Å²) in [5, 5.41) is 8.89. The molecule has 1 aliphatic heterocycles. The Hall–Kier alpha value is -0.830. The number of nitrogens with zero attached hydrogens (tertiary/aromatic N) is 2. The van der Waals surface area contributed by atoms with Gasteiger partial charge in [-0.1, -0.05) is 32.3 Å². The topological polar surface area (TPSA) is 35.8 Å². The fourth-order valence-electron chi connectivity index (χ4n) is 1.88. The van der Waals surface area contributed by atoms with Gasteiger partial charge >= 0.3 is 0 Å². The van der Waals surface area contributed by atoms with Gasteiger partial charge in [-0.3, -0.25) is 4.99 Å². The Morgan fingerprint density at radius 3 is 3.00 bits per heavy atom. The van der Waals surface area contributed by atoms with Gasteiger partial charge in [0, 0.05) is 13.1 Å². The molecule has 1 heterocycles. The minimum Gasteiger partial charge on any atom is -0.395 e. The molecule has 0 atom stereocenters. The van der Waals surface area contributed by atoms with Gasteiger partial charge in [0.25, 0.3) is 0 Å². The normalized spacial score (nSPS) is 16.1. The van der Waals surface area contributed by atoms with Gasteiger partial charge in [-0.2, -0.15) is 0 Å². The van der Waals surface area contributed by atoms with Gasteiger partial charge in [0.1, 0.15) is 5.84 Å². The summed E-state index contributed by atoms with van der Waals surface area (Å²) in [6.45, 7) is 4.98.